The molecule has 5 nitrogen and oxygen atoms in total. The average Bonchev–Trinajstić information content (AvgIpc) is 3.36. The SMILES string of the molecule is CC(C)c1c([C@H]2CC[C@H](C(=O)O)CC2)c2cc3[nH]ncc3cc2n1-c1ccc(F)c(F)c1. The van der Waals surface area contributed by atoms with Gasteiger partial charge in [-0.15, -0.1) is 0 Å². The van der Waals surface area contributed by atoms with E-state index < -0.39 is 17.6 Å². The van der Waals surface area contributed by atoms with E-state index in [2.05, 4.69) is 30.1 Å². The lowest BCUT2D eigenvalue weighted by Crippen LogP contribution is -2.21. The summed E-state index contributed by atoms with van der Waals surface area (Å²) >= 11 is 0. The van der Waals surface area contributed by atoms with Gasteiger partial charge >= 0.3 is 5.97 Å². The lowest BCUT2D eigenvalue weighted by Gasteiger charge is -2.28. The standard InChI is InChI=1S/C25H25F2N3O2/c1-13(2)24-23(14-3-5-15(6-4-14)25(31)32)18-11-21-16(12-28-29-21)9-22(18)30(24)17-7-8-19(26)20(27)10-17/h7-15H,3-6H2,1-2H3,(H,28,29)(H,31,32)/t14-,15-. The Labute approximate surface area is 184 Å². The van der Waals surface area contributed by atoms with Gasteiger partial charge in [-0.25, -0.2) is 8.78 Å². The predicted octanol–water partition coefficient (Wildman–Crippen LogP) is 6.27. The van der Waals surface area contributed by atoms with Crippen LogP contribution in [-0.2, 0) is 4.79 Å². The molecule has 32 heavy (non-hydrogen) atoms. The number of benzene rings is 2. The van der Waals surface area contributed by atoms with Crippen LogP contribution < -0.4 is 0 Å². The van der Waals surface area contributed by atoms with Gasteiger partial charge in [0.2, 0.25) is 0 Å². The van der Waals surface area contributed by atoms with E-state index in [0.717, 1.165) is 46.4 Å². The minimum Gasteiger partial charge on any atom is -0.481 e. The number of aromatic nitrogens is 3. The van der Waals surface area contributed by atoms with Gasteiger partial charge in [0.15, 0.2) is 11.6 Å². The third kappa shape index (κ3) is 3.27. The zero-order valence-electron chi connectivity index (χ0n) is 18.0. The molecular formula is C25H25F2N3O2. The number of hydrogen-bond donors (Lipinski definition) is 2. The Morgan fingerprint density at radius 3 is 2.53 bits per heavy atom. The molecule has 1 aliphatic rings. The first kappa shape index (κ1) is 20.7. The number of carboxylic acids is 1. The van der Waals surface area contributed by atoms with E-state index in [0.29, 0.717) is 18.5 Å². The topological polar surface area (TPSA) is 70.9 Å². The number of H-pyrrole nitrogens is 1. The summed E-state index contributed by atoms with van der Waals surface area (Å²) in [6, 6.07) is 8.13. The van der Waals surface area contributed by atoms with Crippen molar-refractivity contribution in [3.8, 4) is 5.69 Å². The van der Waals surface area contributed by atoms with Crippen molar-refractivity contribution in [1.82, 2.24) is 14.8 Å². The number of hydrogen-bond acceptors (Lipinski definition) is 2. The zero-order valence-corrected chi connectivity index (χ0v) is 18.0. The van der Waals surface area contributed by atoms with Crippen LogP contribution in [0.5, 0.6) is 0 Å². The fourth-order valence-corrected chi connectivity index (χ4v) is 5.30. The Kier molecular flexibility index (Phi) is 4.99. The summed E-state index contributed by atoms with van der Waals surface area (Å²) in [5.74, 6) is -2.45. The zero-order chi connectivity index (χ0) is 22.6. The molecule has 0 atom stereocenters. The van der Waals surface area contributed by atoms with Gasteiger partial charge in [-0.05, 0) is 67.3 Å². The number of aromatic amines is 1. The Morgan fingerprint density at radius 1 is 1.12 bits per heavy atom. The van der Waals surface area contributed by atoms with Crippen molar-refractivity contribution < 1.29 is 18.7 Å². The second-order valence-corrected chi connectivity index (χ2v) is 9.10. The Bertz CT molecular complexity index is 1330. The third-order valence-corrected chi connectivity index (χ3v) is 6.80. The molecule has 0 bridgehead atoms. The minimum atomic E-state index is -0.882. The van der Waals surface area contributed by atoms with Crippen LogP contribution in [0.1, 0.15) is 62.6 Å². The monoisotopic (exact) mass is 437 g/mol. The maximum atomic E-state index is 14.2. The lowest BCUT2D eigenvalue weighted by molar-refractivity contribution is -0.142. The molecule has 0 radical (unpaired) electrons. The van der Waals surface area contributed by atoms with E-state index in [9.17, 15) is 18.7 Å². The molecule has 0 spiro atoms. The van der Waals surface area contributed by atoms with Crippen LogP contribution in [-0.4, -0.2) is 25.8 Å². The van der Waals surface area contributed by atoms with E-state index >= 15 is 0 Å². The minimum absolute atomic E-state index is 0.124. The number of fused-ring (bicyclic) bond motifs is 2. The van der Waals surface area contributed by atoms with Crippen molar-refractivity contribution in [2.45, 2.75) is 51.4 Å². The first-order valence-corrected chi connectivity index (χ1v) is 11.0. The predicted molar refractivity (Wildman–Crippen MR) is 119 cm³/mol. The molecule has 166 valence electrons. The molecule has 1 aliphatic carbocycles. The molecule has 2 aromatic heterocycles. The van der Waals surface area contributed by atoms with Crippen LogP contribution in [0, 0.1) is 17.6 Å². The quantitative estimate of drug-likeness (QED) is 0.395. The first-order valence-electron chi connectivity index (χ1n) is 11.0. The highest BCUT2D eigenvalue weighted by atomic mass is 19.2. The molecule has 1 saturated carbocycles. The molecule has 2 heterocycles. The number of carboxylic acid groups (broad SMARTS) is 1. The highest BCUT2D eigenvalue weighted by Gasteiger charge is 2.32. The molecule has 4 aromatic rings. The van der Waals surface area contributed by atoms with Crippen LogP contribution >= 0.6 is 0 Å². The highest BCUT2D eigenvalue weighted by Crippen LogP contribution is 2.45. The van der Waals surface area contributed by atoms with Crippen LogP contribution in [0.4, 0.5) is 8.78 Å². The van der Waals surface area contributed by atoms with Gasteiger partial charge in [-0.2, -0.15) is 5.10 Å². The summed E-state index contributed by atoms with van der Waals surface area (Å²) in [4.78, 5) is 11.5. The number of rotatable bonds is 4. The summed E-state index contributed by atoms with van der Waals surface area (Å²) < 4.78 is 30.0. The van der Waals surface area contributed by atoms with Crippen molar-refractivity contribution in [3.05, 3.63) is 59.4 Å². The maximum absolute atomic E-state index is 14.2. The Balaban J connectivity index is 1.78. The molecule has 1 fully saturated rings. The molecule has 5 rings (SSSR count). The highest BCUT2D eigenvalue weighted by molar-refractivity contribution is 5.99. The van der Waals surface area contributed by atoms with E-state index in [-0.39, 0.29) is 17.8 Å². The molecule has 2 aromatic carbocycles. The molecular weight excluding hydrogens is 412 g/mol. The Hall–Kier alpha value is -3.22. The lowest BCUT2D eigenvalue weighted by atomic mass is 9.77. The second kappa shape index (κ2) is 7.73. The first-order chi connectivity index (χ1) is 15.3. The van der Waals surface area contributed by atoms with E-state index in [4.69, 9.17) is 0 Å². The maximum Gasteiger partial charge on any atom is 0.306 e. The van der Waals surface area contributed by atoms with Crippen molar-refractivity contribution in [2.24, 2.45) is 5.92 Å². The number of nitrogens with zero attached hydrogens (tertiary/aromatic N) is 2. The smallest absolute Gasteiger partial charge is 0.306 e. The van der Waals surface area contributed by atoms with Gasteiger partial charge in [0.05, 0.1) is 23.1 Å². The molecule has 0 amide bonds. The van der Waals surface area contributed by atoms with Gasteiger partial charge in [-0.3, -0.25) is 9.89 Å². The third-order valence-electron chi connectivity index (χ3n) is 6.80. The van der Waals surface area contributed by atoms with Crippen molar-refractivity contribution >= 4 is 27.8 Å². The largest absolute Gasteiger partial charge is 0.481 e. The second-order valence-electron chi connectivity index (χ2n) is 9.10. The number of aliphatic carboxylic acids is 1. The summed E-state index contributed by atoms with van der Waals surface area (Å²) in [6.07, 6.45) is 4.61. The summed E-state index contributed by atoms with van der Waals surface area (Å²) in [6.45, 7) is 4.20. The van der Waals surface area contributed by atoms with Gasteiger partial charge in [0.1, 0.15) is 0 Å². The molecule has 0 saturated heterocycles. The molecule has 7 heteroatoms. The number of halogens is 2. The van der Waals surface area contributed by atoms with E-state index in [1.165, 1.54) is 11.6 Å². The average molecular weight is 437 g/mol. The van der Waals surface area contributed by atoms with E-state index in [1.807, 2.05) is 10.6 Å². The number of nitrogens with one attached hydrogen (secondary N) is 1. The fourth-order valence-electron chi connectivity index (χ4n) is 5.30. The normalized spacial score (nSPS) is 19.3. The van der Waals surface area contributed by atoms with E-state index in [1.54, 1.807) is 12.3 Å². The van der Waals surface area contributed by atoms with Gasteiger partial charge in [0, 0.05) is 28.2 Å². The van der Waals surface area contributed by atoms with Gasteiger partial charge < -0.3 is 9.67 Å². The summed E-state index contributed by atoms with van der Waals surface area (Å²) in [7, 11) is 0. The fraction of sp³-hybridized carbons (Fsp3) is 0.360. The van der Waals surface area contributed by atoms with Crippen LogP contribution in [0.2, 0.25) is 0 Å². The van der Waals surface area contributed by atoms with Crippen LogP contribution in [0.25, 0.3) is 27.5 Å². The van der Waals surface area contributed by atoms with Crippen LogP contribution in [0.15, 0.2) is 36.5 Å². The van der Waals surface area contributed by atoms with Gasteiger partial charge in [0.25, 0.3) is 0 Å². The van der Waals surface area contributed by atoms with Crippen molar-refractivity contribution in [3.63, 3.8) is 0 Å². The molecule has 0 unspecified atom stereocenters. The Morgan fingerprint density at radius 2 is 1.88 bits per heavy atom. The van der Waals surface area contributed by atoms with Crippen molar-refractivity contribution in [1.29, 1.82) is 0 Å². The molecule has 0 aliphatic heterocycles. The summed E-state index contributed by atoms with van der Waals surface area (Å²) in [5, 5.41) is 18.6. The van der Waals surface area contributed by atoms with Crippen LogP contribution in [0.3, 0.4) is 0 Å². The van der Waals surface area contributed by atoms with Crippen molar-refractivity contribution in [2.75, 3.05) is 0 Å². The summed E-state index contributed by atoms with van der Waals surface area (Å²) in [5.41, 5.74) is 4.65. The molecule has 2 N–H and O–H groups in total. The number of carbonyl (C=O) groups is 1. The van der Waals surface area contributed by atoms with Gasteiger partial charge in [-0.1, -0.05) is 13.8 Å².